The fraction of sp³-hybridized carbons (Fsp3) is 0.406. The number of hydrogen-bond donors (Lipinski definition) is 4. The number of likely N-dealkylation sites (tertiary alicyclic amines) is 1. The van der Waals surface area contributed by atoms with Gasteiger partial charge in [-0.2, -0.15) is 0 Å². The van der Waals surface area contributed by atoms with Crippen LogP contribution in [0.15, 0.2) is 54.6 Å². The highest BCUT2D eigenvalue weighted by Crippen LogP contribution is 2.36. The number of nitrogens with zero attached hydrogens (tertiary/aromatic N) is 2. The highest BCUT2D eigenvalue weighted by Gasteiger charge is 2.36. The fourth-order valence-corrected chi connectivity index (χ4v) is 6.61. The van der Waals surface area contributed by atoms with E-state index >= 15 is 0 Å². The first-order chi connectivity index (χ1) is 19.4. The average molecular weight is 539 g/mol. The van der Waals surface area contributed by atoms with E-state index in [9.17, 15) is 9.59 Å². The molecule has 8 nitrogen and oxygen atoms in total. The number of hydrogen-bond acceptors (Lipinski definition) is 5. The van der Waals surface area contributed by atoms with Crippen LogP contribution >= 0.6 is 0 Å². The van der Waals surface area contributed by atoms with Crippen LogP contribution in [0, 0.1) is 5.41 Å². The Labute approximate surface area is 235 Å². The Bertz CT molecular complexity index is 1460. The summed E-state index contributed by atoms with van der Waals surface area (Å²) < 4.78 is 0. The van der Waals surface area contributed by atoms with Crippen LogP contribution in [0.25, 0.3) is 10.8 Å². The van der Waals surface area contributed by atoms with Crippen molar-refractivity contribution in [2.45, 2.75) is 69.6 Å². The first-order valence-electron chi connectivity index (χ1n) is 14.5. The minimum atomic E-state index is -0.377. The van der Waals surface area contributed by atoms with Gasteiger partial charge in [0.15, 0.2) is 0 Å². The molecule has 0 bridgehead atoms. The van der Waals surface area contributed by atoms with Gasteiger partial charge in [-0.1, -0.05) is 42.5 Å². The maximum Gasteiger partial charge on any atom is 0.254 e. The van der Waals surface area contributed by atoms with Crippen molar-refractivity contribution in [3.8, 4) is 0 Å². The lowest BCUT2D eigenvalue weighted by Gasteiger charge is -2.31. The number of amidine groups is 1. The standard InChI is InChI=1S/C32H38N6O2/c33-23-10-12-24(13-11-23)36-31(39)29-17-20-7-8-21(30(34)35)18-28(20)38(29)19-22-9-14-27(26-6-2-1-5-25(22)26)32(40)37-15-3-4-16-37/h1-2,5-9,14,18,23-24,29H,3-4,10-13,15-17,19,33H2,(H3,34,35)(H,36,39). The fourth-order valence-electron chi connectivity index (χ4n) is 6.61. The molecule has 8 heteroatoms. The van der Waals surface area contributed by atoms with Crippen molar-refractivity contribution in [2.75, 3.05) is 18.0 Å². The zero-order chi connectivity index (χ0) is 27.8. The summed E-state index contributed by atoms with van der Waals surface area (Å²) in [7, 11) is 0. The second kappa shape index (κ2) is 10.9. The number of amides is 2. The van der Waals surface area contributed by atoms with Crippen molar-refractivity contribution >= 4 is 34.1 Å². The van der Waals surface area contributed by atoms with E-state index in [-0.39, 0.29) is 35.8 Å². The monoisotopic (exact) mass is 538 g/mol. The minimum absolute atomic E-state index is 0.00410. The predicted octanol–water partition coefficient (Wildman–Crippen LogP) is 3.68. The van der Waals surface area contributed by atoms with E-state index in [1.54, 1.807) is 0 Å². The van der Waals surface area contributed by atoms with E-state index in [0.717, 1.165) is 84.8 Å². The molecule has 2 fully saturated rings. The number of nitrogens with one attached hydrogen (secondary N) is 2. The second-order valence-corrected chi connectivity index (χ2v) is 11.5. The van der Waals surface area contributed by atoms with Gasteiger partial charge in [-0.15, -0.1) is 0 Å². The highest BCUT2D eigenvalue weighted by molar-refractivity contribution is 6.08. The van der Waals surface area contributed by atoms with Crippen LogP contribution in [0.3, 0.4) is 0 Å². The summed E-state index contributed by atoms with van der Waals surface area (Å²) in [5.41, 5.74) is 16.4. The molecule has 1 unspecified atom stereocenters. The minimum Gasteiger partial charge on any atom is -0.384 e. The average Bonchev–Trinajstić information content (AvgIpc) is 3.63. The van der Waals surface area contributed by atoms with Crippen LogP contribution in [0.2, 0.25) is 0 Å². The van der Waals surface area contributed by atoms with Crippen LogP contribution in [-0.2, 0) is 17.8 Å². The van der Waals surface area contributed by atoms with E-state index in [1.807, 2.05) is 53.4 Å². The first-order valence-corrected chi connectivity index (χ1v) is 14.5. The lowest BCUT2D eigenvalue weighted by atomic mass is 9.91. The van der Waals surface area contributed by atoms with Crippen LogP contribution in [-0.4, -0.2) is 53.8 Å². The van der Waals surface area contributed by atoms with E-state index in [0.29, 0.717) is 18.5 Å². The van der Waals surface area contributed by atoms with Gasteiger partial charge in [0, 0.05) is 55.0 Å². The molecule has 6 N–H and O–H groups in total. The molecule has 0 aromatic heterocycles. The molecule has 3 aromatic rings. The lowest BCUT2D eigenvalue weighted by molar-refractivity contribution is -0.123. The third kappa shape index (κ3) is 5.04. The van der Waals surface area contributed by atoms with E-state index in [4.69, 9.17) is 16.9 Å². The molecule has 2 heterocycles. The molecule has 3 aliphatic rings. The van der Waals surface area contributed by atoms with E-state index < -0.39 is 0 Å². The smallest absolute Gasteiger partial charge is 0.254 e. The van der Waals surface area contributed by atoms with E-state index in [2.05, 4.69) is 16.3 Å². The number of nitrogen functional groups attached to an aromatic ring is 1. The Hall–Kier alpha value is -3.91. The highest BCUT2D eigenvalue weighted by atomic mass is 16.2. The Morgan fingerprint density at radius 3 is 2.40 bits per heavy atom. The van der Waals surface area contributed by atoms with Crippen LogP contribution < -0.4 is 21.7 Å². The van der Waals surface area contributed by atoms with Crippen molar-refractivity contribution in [3.63, 3.8) is 0 Å². The first kappa shape index (κ1) is 26.3. The molecule has 1 saturated heterocycles. The number of anilines is 1. The summed E-state index contributed by atoms with van der Waals surface area (Å²) in [6, 6.07) is 17.8. The predicted molar refractivity (Wildman–Crippen MR) is 159 cm³/mol. The summed E-state index contributed by atoms with van der Waals surface area (Å²) in [5.74, 6) is 0.109. The van der Waals surface area contributed by atoms with Crippen molar-refractivity contribution in [1.29, 1.82) is 5.41 Å². The lowest BCUT2D eigenvalue weighted by Crippen LogP contribution is -2.49. The van der Waals surface area contributed by atoms with Gasteiger partial charge < -0.3 is 26.6 Å². The van der Waals surface area contributed by atoms with Gasteiger partial charge in [0.05, 0.1) is 0 Å². The molecular weight excluding hydrogens is 500 g/mol. The summed E-state index contributed by atoms with van der Waals surface area (Å²) in [4.78, 5) is 31.2. The SMILES string of the molecule is N=C(N)c1ccc2c(c1)N(Cc1ccc(C(=O)N3CCCC3)c3ccccc13)C(C(=O)NC1CCC(N)CC1)C2. The summed E-state index contributed by atoms with van der Waals surface area (Å²) in [5, 5.41) is 13.2. The van der Waals surface area contributed by atoms with Crippen LogP contribution in [0.1, 0.15) is 65.6 Å². The van der Waals surface area contributed by atoms with Gasteiger partial charge >= 0.3 is 0 Å². The van der Waals surface area contributed by atoms with Gasteiger partial charge in [0.25, 0.3) is 5.91 Å². The number of benzene rings is 3. The van der Waals surface area contributed by atoms with Crippen molar-refractivity contribution in [3.05, 3.63) is 76.9 Å². The number of rotatable bonds is 6. The van der Waals surface area contributed by atoms with E-state index in [1.165, 1.54) is 0 Å². The summed E-state index contributed by atoms with van der Waals surface area (Å²) >= 11 is 0. The molecule has 3 aromatic carbocycles. The van der Waals surface area contributed by atoms with Gasteiger partial charge in [0.1, 0.15) is 11.9 Å². The van der Waals surface area contributed by atoms with Crippen LogP contribution in [0.5, 0.6) is 0 Å². The quantitative estimate of drug-likeness (QED) is 0.281. The molecule has 40 heavy (non-hydrogen) atoms. The maximum absolute atomic E-state index is 13.7. The van der Waals surface area contributed by atoms with Crippen molar-refractivity contribution in [2.24, 2.45) is 11.5 Å². The Morgan fingerprint density at radius 2 is 1.68 bits per heavy atom. The molecule has 0 radical (unpaired) electrons. The number of nitrogens with two attached hydrogens (primary N) is 2. The number of carbonyl (C=O) groups is 2. The Balaban J connectivity index is 1.34. The summed E-state index contributed by atoms with van der Waals surface area (Å²) in [6.45, 7) is 2.12. The molecule has 1 saturated carbocycles. The molecular formula is C32H38N6O2. The largest absolute Gasteiger partial charge is 0.384 e. The topological polar surface area (TPSA) is 129 Å². The maximum atomic E-state index is 13.7. The number of carbonyl (C=O) groups excluding carboxylic acids is 2. The molecule has 1 atom stereocenters. The van der Waals surface area contributed by atoms with Gasteiger partial charge in [0.2, 0.25) is 5.91 Å². The van der Waals surface area contributed by atoms with Gasteiger partial charge in [-0.05, 0) is 72.6 Å². The zero-order valence-corrected chi connectivity index (χ0v) is 22.9. The van der Waals surface area contributed by atoms with Gasteiger partial charge in [-0.25, -0.2) is 0 Å². The summed E-state index contributed by atoms with van der Waals surface area (Å²) in [6.07, 6.45) is 6.35. The Morgan fingerprint density at radius 1 is 0.950 bits per heavy atom. The molecule has 1 aliphatic carbocycles. The molecule has 0 spiro atoms. The third-order valence-electron chi connectivity index (χ3n) is 8.89. The molecule has 2 amide bonds. The third-order valence-corrected chi connectivity index (χ3v) is 8.89. The second-order valence-electron chi connectivity index (χ2n) is 11.5. The Kier molecular flexibility index (Phi) is 7.19. The van der Waals surface area contributed by atoms with Crippen molar-refractivity contribution in [1.82, 2.24) is 10.2 Å². The molecule has 208 valence electrons. The number of fused-ring (bicyclic) bond motifs is 2. The molecule has 2 aliphatic heterocycles. The molecule has 6 rings (SSSR count). The van der Waals surface area contributed by atoms with Crippen molar-refractivity contribution < 1.29 is 9.59 Å². The van der Waals surface area contributed by atoms with Crippen LogP contribution in [0.4, 0.5) is 5.69 Å². The normalized spacial score (nSPS) is 22.4. The zero-order valence-electron chi connectivity index (χ0n) is 22.9. The van der Waals surface area contributed by atoms with Gasteiger partial charge in [-0.3, -0.25) is 15.0 Å².